The zero-order chi connectivity index (χ0) is 16.2. The van der Waals surface area contributed by atoms with E-state index in [1.165, 1.54) is 11.3 Å². The largest absolute Gasteiger partial charge is 0.492 e. The summed E-state index contributed by atoms with van der Waals surface area (Å²) in [6.07, 6.45) is 1.95. The van der Waals surface area contributed by atoms with Crippen LogP contribution >= 0.6 is 23.7 Å². The number of hydrogen-bond donors (Lipinski definition) is 1. The van der Waals surface area contributed by atoms with Crippen LogP contribution in [0.4, 0.5) is 0 Å². The summed E-state index contributed by atoms with van der Waals surface area (Å²) in [5.74, 6) is 0.719. The molecule has 2 aromatic rings. The first-order valence-corrected chi connectivity index (χ1v) is 8.87. The molecule has 2 heterocycles. The predicted molar refractivity (Wildman–Crippen MR) is 101 cm³/mol. The molecule has 1 aromatic carbocycles. The third kappa shape index (κ3) is 4.09. The standard InChI is InChI=1S/C18H22N2O2S.ClH/c1-2-22-15-11-16(13-7-4-3-5-8-13)23-17(15)18(21)20-10-6-9-14(19)12-20;/h3-5,7-8,11,14H,2,6,9-10,12,19H2,1H3;1H. The van der Waals surface area contributed by atoms with Crippen molar-refractivity contribution in [3.8, 4) is 16.2 Å². The molecule has 6 heteroatoms. The van der Waals surface area contributed by atoms with E-state index in [4.69, 9.17) is 10.5 Å². The molecule has 3 rings (SSSR count). The second-order valence-electron chi connectivity index (χ2n) is 5.76. The molecule has 130 valence electrons. The maximum atomic E-state index is 12.9. The van der Waals surface area contributed by atoms with E-state index in [2.05, 4.69) is 0 Å². The molecule has 0 bridgehead atoms. The van der Waals surface area contributed by atoms with Crippen LogP contribution in [0, 0.1) is 0 Å². The van der Waals surface area contributed by atoms with Gasteiger partial charge in [0.25, 0.3) is 5.91 Å². The van der Waals surface area contributed by atoms with Gasteiger partial charge >= 0.3 is 0 Å². The highest BCUT2D eigenvalue weighted by Crippen LogP contribution is 2.37. The molecule has 0 aliphatic carbocycles. The summed E-state index contributed by atoms with van der Waals surface area (Å²) < 4.78 is 5.71. The smallest absolute Gasteiger partial charge is 0.267 e. The molecule has 1 atom stereocenters. The molecule has 24 heavy (non-hydrogen) atoms. The number of carbonyl (C=O) groups excluding carboxylic acids is 1. The zero-order valence-corrected chi connectivity index (χ0v) is 15.4. The highest BCUT2D eigenvalue weighted by Gasteiger charge is 2.26. The van der Waals surface area contributed by atoms with Gasteiger partial charge in [-0.3, -0.25) is 4.79 Å². The van der Waals surface area contributed by atoms with Gasteiger partial charge in [-0.2, -0.15) is 0 Å². The van der Waals surface area contributed by atoms with Crippen molar-refractivity contribution < 1.29 is 9.53 Å². The summed E-state index contributed by atoms with van der Waals surface area (Å²) in [5, 5.41) is 0. The van der Waals surface area contributed by atoms with Gasteiger partial charge in [0, 0.05) is 24.0 Å². The normalized spacial score (nSPS) is 17.2. The molecule has 0 spiro atoms. The predicted octanol–water partition coefficient (Wildman–Crippen LogP) is 3.80. The first kappa shape index (κ1) is 18.8. The number of nitrogens with zero attached hydrogens (tertiary/aromatic N) is 1. The number of halogens is 1. The quantitative estimate of drug-likeness (QED) is 0.895. The van der Waals surface area contributed by atoms with Gasteiger partial charge < -0.3 is 15.4 Å². The van der Waals surface area contributed by atoms with Crippen molar-refractivity contribution in [3.05, 3.63) is 41.3 Å². The summed E-state index contributed by atoms with van der Waals surface area (Å²) in [6, 6.07) is 12.1. The van der Waals surface area contributed by atoms with Crippen LogP contribution in [0.5, 0.6) is 5.75 Å². The Hall–Kier alpha value is -1.56. The van der Waals surface area contributed by atoms with E-state index in [0.29, 0.717) is 23.8 Å². The summed E-state index contributed by atoms with van der Waals surface area (Å²) in [4.78, 5) is 16.5. The average molecular weight is 367 g/mol. The lowest BCUT2D eigenvalue weighted by Crippen LogP contribution is -2.45. The van der Waals surface area contributed by atoms with E-state index < -0.39 is 0 Å². The number of likely N-dealkylation sites (tertiary alicyclic amines) is 1. The SMILES string of the molecule is CCOc1cc(-c2ccccc2)sc1C(=O)N1CCCC(N)C1.Cl. The van der Waals surface area contributed by atoms with Gasteiger partial charge in [0.15, 0.2) is 0 Å². The van der Waals surface area contributed by atoms with Crippen LogP contribution in [-0.4, -0.2) is 36.5 Å². The molecule has 1 fully saturated rings. The molecule has 1 aliphatic rings. The van der Waals surface area contributed by atoms with E-state index in [0.717, 1.165) is 29.8 Å². The van der Waals surface area contributed by atoms with Gasteiger partial charge in [-0.1, -0.05) is 30.3 Å². The van der Waals surface area contributed by atoms with Crippen LogP contribution in [0.3, 0.4) is 0 Å². The Bertz CT molecular complexity index is 675. The van der Waals surface area contributed by atoms with Crippen molar-refractivity contribution >= 4 is 29.7 Å². The lowest BCUT2D eigenvalue weighted by Gasteiger charge is -2.30. The van der Waals surface area contributed by atoms with Crippen molar-refractivity contribution in [2.45, 2.75) is 25.8 Å². The lowest BCUT2D eigenvalue weighted by atomic mass is 10.1. The monoisotopic (exact) mass is 366 g/mol. The van der Waals surface area contributed by atoms with Crippen LogP contribution < -0.4 is 10.5 Å². The van der Waals surface area contributed by atoms with Crippen molar-refractivity contribution in [2.75, 3.05) is 19.7 Å². The number of nitrogens with two attached hydrogens (primary N) is 1. The lowest BCUT2D eigenvalue weighted by molar-refractivity contribution is 0.0710. The molecule has 1 amide bonds. The van der Waals surface area contributed by atoms with E-state index in [1.807, 2.05) is 48.2 Å². The summed E-state index contributed by atoms with van der Waals surface area (Å²) >= 11 is 1.50. The Balaban J connectivity index is 0.00000208. The Morgan fingerprint density at radius 3 is 2.79 bits per heavy atom. The van der Waals surface area contributed by atoms with Gasteiger partial charge in [-0.15, -0.1) is 23.7 Å². The van der Waals surface area contributed by atoms with E-state index in [-0.39, 0.29) is 24.4 Å². The van der Waals surface area contributed by atoms with Crippen LogP contribution in [0.1, 0.15) is 29.4 Å². The maximum Gasteiger partial charge on any atom is 0.267 e. The minimum atomic E-state index is 0. The molecule has 1 aromatic heterocycles. The molecule has 0 radical (unpaired) electrons. The van der Waals surface area contributed by atoms with Crippen LogP contribution in [0.15, 0.2) is 36.4 Å². The van der Waals surface area contributed by atoms with Gasteiger partial charge in [0.2, 0.25) is 0 Å². The summed E-state index contributed by atoms with van der Waals surface area (Å²) in [6.45, 7) is 3.88. The highest BCUT2D eigenvalue weighted by atomic mass is 35.5. The molecule has 1 unspecified atom stereocenters. The number of piperidine rings is 1. The van der Waals surface area contributed by atoms with Crippen LogP contribution in [0.25, 0.3) is 10.4 Å². The van der Waals surface area contributed by atoms with Gasteiger partial charge in [-0.25, -0.2) is 0 Å². The highest BCUT2D eigenvalue weighted by molar-refractivity contribution is 7.17. The first-order chi connectivity index (χ1) is 11.2. The van der Waals surface area contributed by atoms with Gasteiger partial charge in [-0.05, 0) is 31.4 Å². The number of carbonyl (C=O) groups is 1. The van der Waals surface area contributed by atoms with Gasteiger partial charge in [0.1, 0.15) is 10.6 Å². The van der Waals surface area contributed by atoms with E-state index in [9.17, 15) is 4.79 Å². The molecular weight excluding hydrogens is 344 g/mol. The fourth-order valence-corrected chi connectivity index (χ4v) is 3.94. The minimum absolute atomic E-state index is 0. The Morgan fingerprint density at radius 1 is 1.38 bits per heavy atom. The van der Waals surface area contributed by atoms with Crippen molar-refractivity contribution in [1.29, 1.82) is 0 Å². The third-order valence-corrected chi connectivity index (χ3v) is 5.15. The zero-order valence-electron chi connectivity index (χ0n) is 13.7. The number of thiophene rings is 1. The number of ether oxygens (including phenoxy) is 1. The topological polar surface area (TPSA) is 55.6 Å². The molecule has 1 saturated heterocycles. The fraction of sp³-hybridized carbons (Fsp3) is 0.389. The molecule has 4 nitrogen and oxygen atoms in total. The Labute approximate surface area is 153 Å². The number of benzene rings is 1. The third-order valence-electron chi connectivity index (χ3n) is 4.00. The molecule has 2 N–H and O–H groups in total. The Kier molecular flexibility index (Phi) is 6.66. The Morgan fingerprint density at radius 2 is 2.12 bits per heavy atom. The van der Waals surface area contributed by atoms with E-state index in [1.54, 1.807) is 0 Å². The fourth-order valence-electron chi connectivity index (χ4n) is 2.87. The second-order valence-corrected chi connectivity index (χ2v) is 6.81. The van der Waals surface area contributed by atoms with Crippen LogP contribution in [-0.2, 0) is 0 Å². The van der Waals surface area contributed by atoms with Gasteiger partial charge in [0.05, 0.1) is 6.61 Å². The second kappa shape index (κ2) is 8.51. The molecule has 1 aliphatic heterocycles. The molecule has 0 saturated carbocycles. The first-order valence-electron chi connectivity index (χ1n) is 8.06. The van der Waals surface area contributed by atoms with E-state index >= 15 is 0 Å². The molecular formula is C18H23ClN2O2S. The number of amides is 1. The number of rotatable bonds is 4. The summed E-state index contributed by atoms with van der Waals surface area (Å²) in [7, 11) is 0. The van der Waals surface area contributed by atoms with Crippen molar-refractivity contribution in [2.24, 2.45) is 5.73 Å². The number of hydrogen-bond acceptors (Lipinski definition) is 4. The van der Waals surface area contributed by atoms with Crippen molar-refractivity contribution in [1.82, 2.24) is 4.90 Å². The maximum absolute atomic E-state index is 12.9. The van der Waals surface area contributed by atoms with Crippen LogP contribution in [0.2, 0.25) is 0 Å². The van der Waals surface area contributed by atoms with Crippen molar-refractivity contribution in [3.63, 3.8) is 0 Å². The average Bonchev–Trinajstić information content (AvgIpc) is 2.99. The summed E-state index contributed by atoms with van der Waals surface area (Å²) in [5.41, 5.74) is 7.12. The minimum Gasteiger partial charge on any atom is -0.492 e.